The van der Waals surface area contributed by atoms with Crippen LogP contribution < -0.4 is 5.32 Å². The van der Waals surface area contributed by atoms with Crippen molar-refractivity contribution in [3.05, 3.63) is 53.5 Å². The van der Waals surface area contributed by atoms with E-state index < -0.39 is 11.9 Å². The number of aryl methyl sites for hydroxylation is 1. The number of ether oxygens (including phenoxy) is 2. The van der Waals surface area contributed by atoms with Crippen LogP contribution >= 0.6 is 0 Å². The molecule has 0 spiro atoms. The Morgan fingerprint density at radius 2 is 1.94 bits per heavy atom. The van der Waals surface area contributed by atoms with Gasteiger partial charge in [-0.2, -0.15) is 13.2 Å². The minimum Gasteiger partial charge on any atom is -0.381 e. The fourth-order valence-corrected chi connectivity index (χ4v) is 4.61. The van der Waals surface area contributed by atoms with Gasteiger partial charge in [-0.3, -0.25) is 0 Å². The average Bonchev–Trinajstić information content (AvgIpc) is 3.25. The second kappa shape index (κ2) is 8.71. The number of anilines is 1. The van der Waals surface area contributed by atoms with Crippen molar-refractivity contribution in [1.29, 1.82) is 0 Å². The van der Waals surface area contributed by atoms with Crippen LogP contribution in [0, 0.1) is 5.92 Å². The van der Waals surface area contributed by atoms with Crippen LogP contribution in [-0.4, -0.2) is 40.9 Å². The summed E-state index contributed by atoms with van der Waals surface area (Å²) in [7, 11) is 0. The topological polar surface area (TPSA) is 72.1 Å². The summed E-state index contributed by atoms with van der Waals surface area (Å²) in [4.78, 5) is 10.6. The molecule has 2 aliphatic rings. The van der Waals surface area contributed by atoms with Gasteiger partial charge in [-0.25, -0.2) is 9.97 Å². The number of aromatic amines is 1. The highest BCUT2D eigenvalue weighted by atomic mass is 19.4. The number of nitrogens with zero attached hydrogens (tertiary/aromatic N) is 2. The summed E-state index contributed by atoms with van der Waals surface area (Å²) < 4.78 is 51.5. The Labute approximate surface area is 183 Å². The van der Waals surface area contributed by atoms with Crippen LogP contribution in [0.2, 0.25) is 0 Å². The molecule has 32 heavy (non-hydrogen) atoms. The third-order valence-electron chi connectivity index (χ3n) is 6.37. The van der Waals surface area contributed by atoms with E-state index in [9.17, 15) is 13.2 Å². The molecule has 1 aliphatic heterocycles. The standard InChI is InChI=1S/C23H25F3N4O2/c24-23(25,26)19-11-17-21(29-19)27-13-28-22(17)30-20-16-4-2-1-3-15(16)5-6-18(20)32-12-14-7-9-31-10-8-14/h1-4,11,13-14,18,20H,5-10,12H2,(H2,27,28,29,30). The van der Waals surface area contributed by atoms with Gasteiger partial charge in [-0.05, 0) is 48.8 Å². The van der Waals surface area contributed by atoms with E-state index in [1.54, 1.807) is 0 Å². The van der Waals surface area contributed by atoms with Gasteiger partial charge in [0.05, 0.1) is 24.1 Å². The van der Waals surface area contributed by atoms with Gasteiger partial charge in [0.15, 0.2) is 0 Å². The SMILES string of the molecule is FC(F)(F)c1cc2c(NC3c4ccccc4CCC3OCC3CCOCC3)ncnc2[nH]1. The molecule has 1 fully saturated rings. The number of hydrogen-bond acceptors (Lipinski definition) is 5. The normalized spacial score (nSPS) is 22.1. The summed E-state index contributed by atoms with van der Waals surface area (Å²) in [5.74, 6) is 0.828. The van der Waals surface area contributed by atoms with Crippen molar-refractivity contribution in [3.63, 3.8) is 0 Å². The lowest BCUT2D eigenvalue weighted by molar-refractivity contribution is -0.140. The summed E-state index contributed by atoms with van der Waals surface area (Å²) in [6.07, 6.45) is 0.369. The third kappa shape index (κ3) is 4.31. The van der Waals surface area contributed by atoms with Crippen molar-refractivity contribution in [3.8, 4) is 0 Å². The van der Waals surface area contributed by atoms with E-state index >= 15 is 0 Å². The zero-order valence-electron chi connectivity index (χ0n) is 17.5. The second-order valence-electron chi connectivity index (χ2n) is 8.45. The lowest BCUT2D eigenvalue weighted by Crippen LogP contribution is -2.35. The first-order valence-electron chi connectivity index (χ1n) is 10.9. The van der Waals surface area contributed by atoms with E-state index in [4.69, 9.17) is 9.47 Å². The van der Waals surface area contributed by atoms with Crippen LogP contribution in [0.25, 0.3) is 11.0 Å². The molecule has 0 amide bonds. The molecule has 170 valence electrons. The minimum atomic E-state index is -4.48. The first kappa shape index (κ1) is 21.2. The lowest BCUT2D eigenvalue weighted by Gasteiger charge is -2.35. The van der Waals surface area contributed by atoms with Crippen molar-refractivity contribution in [2.24, 2.45) is 5.92 Å². The second-order valence-corrected chi connectivity index (χ2v) is 8.45. The number of halogens is 3. The summed E-state index contributed by atoms with van der Waals surface area (Å²) in [6.45, 7) is 2.17. The Morgan fingerprint density at radius 1 is 1.12 bits per heavy atom. The maximum absolute atomic E-state index is 13.2. The fraction of sp³-hybridized carbons (Fsp3) is 0.478. The number of fused-ring (bicyclic) bond motifs is 2. The number of hydrogen-bond donors (Lipinski definition) is 2. The number of rotatable bonds is 5. The highest BCUT2D eigenvalue weighted by Gasteiger charge is 2.35. The van der Waals surface area contributed by atoms with Gasteiger partial charge >= 0.3 is 6.18 Å². The first-order valence-corrected chi connectivity index (χ1v) is 10.9. The zero-order valence-corrected chi connectivity index (χ0v) is 17.5. The van der Waals surface area contributed by atoms with Crippen LogP contribution in [0.4, 0.5) is 19.0 Å². The van der Waals surface area contributed by atoms with E-state index in [0.29, 0.717) is 23.7 Å². The molecule has 3 heterocycles. The van der Waals surface area contributed by atoms with E-state index in [1.165, 1.54) is 11.9 Å². The minimum absolute atomic E-state index is 0.112. The molecule has 6 nitrogen and oxygen atoms in total. The fourth-order valence-electron chi connectivity index (χ4n) is 4.61. The Bertz CT molecular complexity index is 1080. The third-order valence-corrected chi connectivity index (χ3v) is 6.37. The average molecular weight is 446 g/mol. The molecule has 1 aromatic carbocycles. The van der Waals surface area contributed by atoms with Gasteiger partial charge < -0.3 is 19.8 Å². The predicted octanol–water partition coefficient (Wildman–Crippen LogP) is 4.89. The molecule has 1 aliphatic carbocycles. The van der Waals surface area contributed by atoms with Crippen LogP contribution in [0.1, 0.15) is 42.1 Å². The van der Waals surface area contributed by atoms with Gasteiger partial charge in [0, 0.05) is 13.2 Å². The molecule has 3 aromatic rings. The van der Waals surface area contributed by atoms with Crippen molar-refractivity contribution >= 4 is 16.9 Å². The van der Waals surface area contributed by atoms with Gasteiger partial charge in [0.25, 0.3) is 0 Å². The molecule has 0 radical (unpaired) electrons. The van der Waals surface area contributed by atoms with E-state index in [1.807, 2.05) is 18.2 Å². The Hall–Kier alpha value is -2.65. The number of aromatic nitrogens is 3. The summed E-state index contributed by atoms with van der Waals surface area (Å²) in [5, 5.41) is 3.71. The Morgan fingerprint density at radius 3 is 2.75 bits per heavy atom. The molecule has 2 N–H and O–H groups in total. The maximum atomic E-state index is 13.2. The maximum Gasteiger partial charge on any atom is 0.431 e. The largest absolute Gasteiger partial charge is 0.431 e. The van der Waals surface area contributed by atoms with Crippen LogP contribution in [-0.2, 0) is 22.1 Å². The highest BCUT2D eigenvalue weighted by Crippen LogP contribution is 2.37. The molecule has 2 unspecified atom stereocenters. The molecule has 2 aromatic heterocycles. The highest BCUT2D eigenvalue weighted by molar-refractivity contribution is 5.88. The van der Waals surface area contributed by atoms with Crippen molar-refractivity contribution in [2.75, 3.05) is 25.1 Å². The Kier molecular flexibility index (Phi) is 5.77. The van der Waals surface area contributed by atoms with Gasteiger partial charge in [-0.1, -0.05) is 24.3 Å². The van der Waals surface area contributed by atoms with Crippen molar-refractivity contribution in [1.82, 2.24) is 15.0 Å². The summed E-state index contributed by atoms with van der Waals surface area (Å²) in [6, 6.07) is 8.96. The molecule has 0 bridgehead atoms. The van der Waals surface area contributed by atoms with Crippen LogP contribution in [0.15, 0.2) is 36.7 Å². The van der Waals surface area contributed by atoms with E-state index in [2.05, 4.69) is 26.3 Å². The quantitative estimate of drug-likeness (QED) is 0.584. The van der Waals surface area contributed by atoms with Gasteiger partial charge in [0.1, 0.15) is 23.5 Å². The number of benzene rings is 1. The first-order chi connectivity index (χ1) is 15.5. The molecule has 9 heteroatoms. The number of H-pyrrole nitrogens is 1. The molecule has 1 saturated heterocycles. The zero-order chi connectivity index (χ0) is 22.1. The van der Waals surface area contributed by atoms with E-state index in [0.717, 1.165) is 50.5 Å². The predicted molar refractivity (Wildman–Crippen MR) is 113 cm³/mol. The van der Waals surface area contributed by atoms with Gasteiger partial charge in [0.2, 0.25) is 0 Å². The molecule has 5 rings (SSSR count). The van der Waals surface area contributed by atoms with Crippen LogP contribution in [0.5, 0.6) is 0 Å². The van der Waals surface area contributed by atoms with Gasteiger partial charge in [-0.15, -0.1) is 0 Å². The molecule has 2 atom stereocenters. The number of alkyl halides is 3. The summed E-state index contributed by atoms with van der Waals surface area (Å²) >= 11 is 0. The van der Waals surface area contributed by atoms with Crippen molar-refractivity contribution < 1.29 is 22.6 Å². The smallest absolute Gasteiger partial charge is 0.381 e. The Balaban J connectivity index is 1.44. The summed E-state index contributed by atoms with van der Waals surface area (Å²) in [5.41, 5.74) is 1.62. The lowest BCUT2D eigenvalue weighted by atomic mass is 9.85. The monoisotopic (exact) mass is 446 g/mol. The van der Waals surface area contributed by atoms with E-state index in [-0.39, 0.29) is 17.8 Å². The van der Waals surface area contributed by atoms with Crippen LogP contribution in [0.3, 0.4) is 0 Å². The molecular weight excluding hydrogens is 421 g/mol. The molecule has 0 saturated carbocycles. The van der Waals surface area contributed by atoms with Crippen molar-refractivity contribution in [2.45, 2.75) is 44.0 Å². The number of nitrogens with one attached hydrogen (secondary N) is 2. The molecular formula is C23H25F3N4O2.